The van der Waals surface area contributed by atoms with Crippen LogP contribution in [-0.2, 0) is 18.4 Å². The van der Waals surface area contributed by atoms with Crippen LogP contribution in [0.3, 0.4) is 0 Å². The highest BCUT2D eigenvalue weighted by Crippen LogP contribution is 2.19. The van der Waals surface area contributed by atoms with E-state index < -0.39 is 0 Å². The molecule has 0 unspecified atom stereocenters. The van der Waals surface area contributed by atoms with E-state index in [1.54, 1.807) is 10.9 Å². The smallest absolute Gasteiger partial charge is 0.242 e. The van der Waals surface area contributed by atoms with Gasteiger partial charge in [0.05, 0.1) is 6.54 Å². The van der Waals surface area contributed by atoms with Crippen LogP contribution in [0.2, 0.25) is 0 Å². The molecule has 21 heavy (non-hydrogen) atoms. The number of nitrogens with zero attached hydrogens (tertiary/aromatic N) is 4. The third-order valence-corrected chi connectivity index (χ3v) is 3.53. The Morgan fingerprint density at radius 3 is 2.67 bits per heavy atom. The van der Waals surface area contributed by atoms with E-state index in [4.69, 9.17) is 0 Å². The van der Waals surface area contributed by atoms with E-state index in [9.17, 15) is 4.79 Å². The Morgan fingerprint density at radius 2 is 2.10 bits per heavy atom. The molecule has 6 nitrogen and oxygen atoms in total. The Bertz CT molecular complexity index is 581. The first-order chi connectivity index (χ1) is 10.1. The van der Waals surface area contributed by atoms with Gasteiger partial charge in [0.2, 0.25) is 5.91 Å². The van der Waals surface area contributed by atoms with E-state index in [1.807, 2.05) is 56.3 Å². The van der Waals surface area contributed by atoms with Crippen molar-refractivity contribution in [3.63, 3.8) is 0 Å². The van der Waals surface area contributed by atoms with Gasteiger partial charge in [0.15, 0.2) is 5.82 Å². The minimum atomic E-state index is -0.301. The van der Waals surface area contributed by atoms with E-state index in [0.717, 1.165) is 17.9 Å². The quantitative estimate of drug-likeness (QED) is 0.865. The van der Waals surface area contributed by atoms with Crippen LogP contribution in [0.1, 0.15) is 24.4 Å². The Labute approximate surface area is 124 Å². The summed E-state index contributed by atoms with van der Waals surface area (Å²) in [5.41, 5.74) is 0.984. The second-order valence-corrected chi connectivity index (χ2v) is 4.96. The monoisotopic (exact) mass is 287 g/mol. The lowest BCUT2D eigenvalue weighted by Crippen LogP contribution is -2.38. The predicted octanol–water partition coefficient (Wildman–Crippen LogP) is 1.12. The first kappa shape index (κ1) is 15.2. The van der Waals surface area contributed by atoms with Gasteiger partial charge in [-0.2, -0.15) is 0 Å². The lowest BCUT2D eigenvalue weighted by atomic mass is 10.0. The van der Waals surface area contributed by atoms with Gasteiger partial charge in [-0.15, -0.1) is 10.2 Å². The van der Waals surface area contributed by atoms with Gasteiger partial charge in [-0.25, -0.2) is 0 Å². The van der Waals surface area contributed by atoms with Crippen LogP contribution in [0, 0.1) is 0 Å². The van der Waals surface area contributed by atoms with Crippen molar-refractivity contribution >= 4 is 5.91 Å². The Morgan fingerprint density at radius 1 is 1.38 bits per heavy atom. The molecule has 112 valence electrons. The second kappa shape index (κ2) is 6.99. The lowest BCUT2D eigenvalue weighted by Gasteiger charge is -2.26. The van der Waals surface area contributed by atoms with Gasteiger partial charge in [0.1, 0.15) is 12.4 Å². The fourth-order valence-electron chi connectivity index (χ4n) is 2.15. The third kappa shape index (κ3) is 3.66. The SMILES string of the molecule is CCN(C)[C@H](C(=O)NCc1nncn1C)c1ccccc1. The molecular weight excluding hydrogens is 266 g/mol. The van der Waals surface area contributed by atoms with Gasteiger partial charge in [0, 0.05) is 7.05 Å². The van der Waals surface area contributed by atoms with Crippen LogP contribution in [-0.4, -0.2) is 39.2 Å². The van der Waals surface area contributed by atoms with Crippen molar-refractivity contribution in [2.75, 3.05) is 13.6 Å². The summed E-state index contributed by atoms with van der Waals surface area (Å²) >= 11 is 0. The largest absolute Gasteiger partial charge is 0.347 e. The highest BCUT2D eigenvalue weighted by molar-refractivity contribution is 5.83. The minimum absolute atomic E-state index is 0.0337. The fourth-order valence-corrected chi connectivity index (χ4v) is 2.15. The number of hydrogen-bond acceptors (Lipinski definition) is 4. The molecule has 1 aromatic carbocycles. The van der Waals surface area contributed by atoms with Crippen molar-refractivity contribution in [3.8, 4) is 0 Å². The Kier molecular flexibility index (Phi) is 5.05. The molecule has 0 aliphatic rings. The molecule has 0 saturated carbocycles. The van der Waals surface area contributed by atoms with Gasteiger partial charge in [-0.05, 0) is 19.2 Å². The number of hydrogen-bond donors (Lipinski definition) is 1. The number of benzene rings is 1. The number of carbonyl (C=O) groups is 1. The first-order valence-corrected chi connectivity index (χ1v) is 6.99. The van der Waals surface area contributed by atoms with E-state index in [1.165, 1.54) is 0 Å². The molecule has 1 heterocycles. The molecular formula is C15H21N5O. The van der Waals surface area contributed by atoms with Gasteiger partial charge >= 0.3 is 0 Å². The van der Waals surface area contributed by atoms with Crippen molar-refractivity contribution in [1.82, 2.24) is 25.0 Å². The maximum absolute atomic E-state index is 12.5. The summed E-state index contributed by atoms with van der Waals surface area (Å²) < 4.78 is 1.79. The van der Waals surface area contributed by atoms with Crippen LogP contribution >= 0.6 is 0 Å². The number of rotatable bonds is 6. The number of likely N-dealkylation sites (N-methyl/N-ethyl adjacent to an activating group) is 1. The van der Waals surface area contributed by atoms with E-state index in [2.05, 4.69) is 15.5 Å². The zero-order valence-corrected chi connectivity index (χ0v) is 12.7. The average molecular weight is 287 g/mol. The van der Waals surface area contributed by atoms with Crippen LogP contribution in [0.25, 0.3) is 0 Å². The summed E-state index contributed by atoms with van der Waals surface area (Å²) in [6, 6.07) is 9.48. The van der Waals surface area contributed by atoms with Gasteiger partial charge in [0.25, 0.3) is 0 Å². The fraction of sp³-hybridized carbons (Fsp3) is 0.400. The van der Waals surface area contributed by atoms with Crippen LogP contribution in [0.4, 0.5) is 0 Å². The minimum Gasteiger partial charge on any atom is -0.347 e. The molecule has 1 amide bonds. The molecule has 0 aliphatic carbocycles. The summed E-state index contributed by atoms with van der Waals surface area (Å²) in [6.07, 6.45) is 1.62. The Hall–Kier alpha value is -2.21. The molecule has 1 N–H and O–H groups in total. The zero-order chi connectivity index (χ0) is 15.2. The molecule has 2 rings (SSSR count). The zero-order valence-electron chi connectivity index (χ0n) is 12.7. The van der Waals surface area contributed by atoms with Crippen molar-refractivity contribution in [1.29, 1.82) is 0 Å². The standard InChI is InChI=1S/C15H21N5O/c1-4-19(2)14(12-8-6-5-7-9-12)15(21)16-10-13-18-17-11-20(13)3/h5-9,11,14H,4,10H2,1-3H3,(H,16,21)/t14-/m0/s1. The molecule has 0 saturated heterocycles. The average Bonchev–Trinajstić information content (AvgIpc) is 2.91. The molecule has 0 spiro atoms. The summed E-state index contributed by atoms with van der Waals surface area (Å²) in [4.78, 5) is 14.6. The number of aryl methyl sites for hydroxylation is 1. The molecule has 0 radical (unpaired) electrons. The first-order valence-electron chi connectivity index (χ1n) is 6.99. The third-order valence-electron chi connectivity index (χ3n) is 3.53. The van der Waals surface area contributed by atoms with Crippen LogP contribution in [0.5, 0.6) is 0 Å². The molecule has 2 aromatic rings. The number of nitrogens with one attached hydrogen (secondary N) is 1. The van der Waals surface area contributed by atoms with Crippen molar-refractivity contribution in [3.05, 3.63) is 48.0 Å². The molecule has 0 aliphatic heterocycles. The number of carbonyl (C=O) groups excluding carboxylic acids is 1. The molecule has 0 bridgehead atoms. The van der Waals surface area contributed by atoms with Crippen molar-refractivity contribution in [2.24, 2.45) is 7.05 Å². The highest BCUT2D eigenvalue weighted by Gasteiger charge is 2.24. The summed E-state index contributed by atoms with van der Waals surface area (Å²) in [5.74, 6) is 0.697. The molecule has 6 heteroatoms. The second-order valence-electron chi connectivity index (χ2n) is 4.96. The summed E-state index contributed by atoms with van der Waals surface area (Å²) in [5, 5.41) is 10.7. The Balaban J connectivity index is 2.10. The van der Waals surface area contributed by atoms with Gasteiger partial charge in [-0.1, -0.05) is 37.3 Å². The maximum atomic E-state index is 12.5. The van der Waals surface area contributed by atoms with Gasteiger partial charge in [-0.3, -0.25) is 9.69 Å². The predicted molar refractivity (Wildman–Crippen MR) is 80.3 cm³/mol. The number of aromatic nitrogens is 3. The lowest BCUT2D eigenvalue weighted by molar-refractivity contribution is -0.126. The van der Waals surface area contributed by atoms with E-state index in [0.29, 0.717) is 6.54 Å². The number of amides is 1. The van der Waals surface area contributed by atoms with Crippen LogP contribution in [0.15, 0.2) is 36.7 Å². The molecule has 0 fully saturated rings. The molecule has 1 aromatic heterocycles. The highest BCUT2D eigenvalue weighted by atomic mass is 16.2. The molecule has 1 atom stereocenters. The summed E-state index contributed by atoms with van der Waals surface area (Å²) in [7, 11) is 3.80. The van der Waals surface area contributed by atoms with Crippen molar-refractivity contribution in [2.45, 2.75) is 19.5 Å². The van der Waals surface area contributed by atoms with Crippen molar-refractivity contribution < 1.29 is 4.79 Å². The maximum Gasteiger partial charge on any atom is 0.242 e. The summed E-state index contributed by atoms with van der Waals surface area (Å²) in [6.45, 7) is 3.19. The van der Waals surface area contributed by atoms with Crippen LogP contribution < -0.4 is 5.32 Å². The van der Waals surface area contributed by atoms with Gasteiger partial charge < -0.3 is 9.88 Å². The normalized spacial score (nSPS) is 12.4. The topological polar surface area (TPSA) is 63.1 Å². The van der Waals surface area contributed by atoms with E-state index >= 15 is 0 Å². The van der Waals surface area contributed by atoms with E-state index in [-0.39, 0.29) is 11.9 Å².